The summed E-state index contributed by atoms with van der Waals surface area (Å²) >= 11 is 0. The number of ether oxygens (including phenoxy) is 1. The number of quaternary nitrogens is 1. The molecule has 4 heteroatoms. The lowest BCUT2D eigenvalue weighted by Gasteiger charge is -2.21. The van der Waals surface area contributed by atoms with Crippen LogP contribution >= 0.6 is 0 Å². The Morgan fingerprint density at radius 3 is 2.53 bits per heavy atom. The average Bonchev–Trinajstić information content (AvgIpc) is 2.29. The number of carbonyl (C=O) groups is 1. The summed E-state index contributed by atoms with van der Waals surface area (Å²) in [6, 6.07) is 9.79. The maximum Gasteiger partial charge on any atom is 0.368 e. The highest BCUT2D eigenvalue weighted by molar-refractivity contribution is 5.79. The van der Waals surface area contributed by atoms with Crippen LogP contribution in [0.1, 0.15) is 12.0 Å². The molecule has 0 aliphatic rings. The van der Waals surface area contributed by atoms with Gasteiger partial charge in [0, 0.05) is 12.8 Å². The molecule has 3 nitrogen and oxygen atoms in total. The summed E-state index contributed by atoms with van der Waals surface area (Å²) in [5.41, 5.74) is 4.29. The molecule has 1 aromatic carbocycles. The first kappa shape index (κ1) is 15.7. The molecule has 0 spiro atoms. The first-order valence-corrected chi connectivity index (χ1v) is 5.21. The van der Waals surface area contributed by atoms with Crippen molar-refractivity contribution < 1.29 is 27.7 Å². The Morgan fingerprint density at radius 1 is 1.47 bits per heavy atom. The lowest BCUT2D eigenvalue weighted by Crippen LogP contribution is -3.00. The van der Waals surface area contributed by atoms with E-state index in [1.165, 1.54) is 7.11 Å². The van der Waals surface area contributed by atoms with Crippen LogP contribution in [0.3, 0.4) is 0 Å². The van der Waals surface area contributed by atoms with Crippen LogP contribution < -0.4 is 18.1 Å². The average molecular weight is 256 g/mol. The van der Waals surface area contributed by atoms with E-state index in [-0.39, 0.29) is 18.4 Å². The third-order valence-electron chi connectivity index (χ3n) is 2.54. The molecule has 0 aliphatic carbocycles. The van der Waals surface area contributed by atoms with Gasteiger partial charge in [0.15, 0.2) is 5.54 Å². The normalized spacial score (nSPS) is 13.1. The highest BCUT2D eigenvalue weighted by Gasteiger charge is 2.38. The molecule has 0 saturated carbocycles. The third kappa shape index (κ3) is 4.21. The summed E-state index contributed by atoms with van der Waals surface area (Å²) in [6.45, 7) is 3.66. The summed E-state index contributed by atoms with van der Waals surface area (Å²) in [5.74, 6) is -0.295. The van der Waals surface area contributed by atoms with Crippen molar-refractivity contribution >= 4 is 5.97 Å². The minimum atomic E-state index is -0.766. The van der Waals surface area contributed by atoms with E-state index in [0.717, 1.165) is 5.56 Å². The first-order valence-electron chi connectivity index (χ1n) is 5.21. The van der Waals surface area contributed by atoms with Crippen LogP contribution in [-0.2, 0) is 16.0 Å². The van der Waals surface area contributed by atoms with Gasteiger partial charge in [-0.15, -0.1) is 6.58 Å². The summed E-state index contributed by atoms with van der Waals surface area (Å²) in [4.78, 5) is 11.7. The van der Waals surface area contributed by atoms with E-state index < -0.39 is 5.54 Å². The van der Waals surface area contributed by atoms with Crippen LogP contribution in [0.15, 0.2) is 43.0 Å². The van der Waals surface area contributed by atoms with Crippen LogP contribution in [0.5, 0.6) is 0 Å². The van der Waals surface area contributed by atoms with Gasteiger partial charge in [0.05, 0.1) is 7.11 Å². The van der Waals surface area contributed by atoms with Crippen molar-refractivity contribution in [3.05, 3.63) is 48.6 Å². The molecule has 1 unspecified atom stereocenters. The fraction of sp³-hybridized carbons (Fsp3) is 0.308. The molecule has 1 atom stereocenters. The molecule has 0 fully saturated rings. The van der Waals surface area contributed by atoms with Crippen LogP contribution in [0.25, 0.3) is 0 Å². The highest BCUT2D eigenvalue weighted by atomic mass is 35.5. The van der Waals surface area contributed by atoms with Gasteiger partial charge >= 0.3 is 5.97 Å². The smallest absolute Gasteiger partial charge is 0.368 e. The number of hydrogen-bond acceptors (Lipinski definition) is 2. The van der Waals surface area contributed by atoms with Crippen molar-refractivity contribution in [3.63, 3.8) is 0 Å². The minimum Gasteiger partial charge on any atom is -1.00 e. The van der Waals surface area contributed by atoms with Gasteiger partial charge in [-0.3, -0.25) is 0 Å². The summed E-state index contributed by atoms with van der Waals surface area (Å²) in [6.07, 6.45) is 2.77. The third-order valence-corrected chi connectivity index (χ3v) is 2.54. The molecule has 0 aliphatic heterocycles. The molecule has 1 aromatic rings. The van der Waals surface area contributed by atoms with Gasteiger partial charge in [0.25, 0.3) is 0 Å². The summed E-state index contributed by atoms with van der Waals surface area (Å²) in [5, 5.41) is 0. The summed E-state index contributed by atoms with van der Waals surface area (Å²) < 4.78 is 4.79. The van der Waals surface area contributed by atoms with Crippen molar-refractivity contribution in [2.45, 2.75) is 18.4 Å². The number of halogens is 1. The first-order chi connectivity index (χ1) is 7.62. The molecule has 94 valence electrons. The molecule has 3 N–H and O–H groups in total. The fourth-order valence-corrected chi connectivity index (χ4v) is 1.71. The van der Waals surface area contributed by atoms with Crippen molar-refractivity contribution in [2.24, 2.45) is 0 Å². The van der Waals surface area contributed by atoms with E-state index in [9.17, 15) is 4.79 Å². The number of hydrogen-bond donors (Lipinski definition) is 1. The van der Waals surface area contributed by atoms with E-state index in [0.29, 0.717) is 12.8 Å². The van der Waals surface area contributed by atoms with Crippen LogP contribution in [-0.4, -0.2) is 18.6 Å². The monoisotopic (exact) mass is 255 g/mol. The Balaban J connectivity index is 0.00000256. The highest BCUT2D eigenvalue weighted by Crippen LogP contribution is 2.15. The molecular formula is C13H18ClNO2. The quantitative estimate of drug-likeness (QED) is 0.487. The van der Waals surface area contributed by atoms with Crippen LogP contribution in [0.2, 0.25) is 0 Å². The molecule has 17 heavy (non-hydrogen) atoms. The SMILES string of the molecule is C=CCC([NH3+])(Cc1ccccc1)C(=O)OC.[Cl-]. The van der Waals surface area contributed by atoms with E-state index in [1.807, 2.05) is 30.3 Å². The largest absolute Gasteiger partial charge is 1.00 e. The topological polar surface area (TPSA) is 53.9 Å². The van der Waals surface area contributed by atoms with Gasteiger partial charge in [-0.05, 0) is 5.56 Å². The van der Waals surface area contributed by atoms with Crippen molar-refractivity contribution in [2.75, 3.05) is 7.11 Å². The number of benzene rings is 1. The molecule has 0 heterocycles. The zero-order chi connectivity index (χ0) is 12.0. The molecule has 0 radical (unpaired) electrons. The van der Waals surface area contributed by atoms with Gasteiger partial charge in [-0.1, -0.05) is 36.4 Å². The van der Waals surface area contributed by atoms with E-state index >= 15 is 0 Å². The second-order valence-electron chi connectivity index (χ2n) is 3.93. The molecular weight excluding hydrogens is 238 g/mol. The molecule has 0 saturated heterocycles. The predicted octanol–water partition coefficient (Wildman–Crippen LogP) is -2.04. The Kier molecular flexibility index (Phi) is 6.54. The second-order valence-corrected chi connectivity index (χ2v) is 3.93. The van der Waals surface area contributed by atoms with Crippen molar-refractivity contribution in [3.8, 4) is 0 Å². The zero-order valence-electron chi connectivity index (χ0n) is 9.99. The van der Waals surface area contributed by atoms with Gasteiger partial charge in [-0.25, -0.2) is 4.79 Å². The van der Waals surface area contributed by atoms with Crippen molar-refractivity contribution in [1.82, 2.24) is 0 Å². The van der Waals surface area contributed by atoms with Gasteiger partial charge in [-0.2, -0.15) is 0 Å². The lowest BCUT2D eigenvalue weighted by molar-refractivity contribution is -0.461. The van der Waals surface area contributed by atoms with E-state index in [1.54, 1.807) is 6.08 Å². The van der Waals surface area contributed by atoms with Crippen LogP contribution in [0.4, 0.5) is 0 Å². The number of rotatable bonds is 5. The number of carbonyl (C=O) groups excluding carboxylic acids is 1. The number of methoxy groups -OCH3 is 1. The Labute approximate surface area is 108 Å². The molecule has 0 amide bonds. The minimum absolute atomic E-state index is 0. The maximum atomic E-state index is 11.7. The Morgan fingerprint density at radius 2 is 2.06 bits per heavy atom. The van der Waals surface area contributed by atoms with Crippen molar-refractivity contribution in [1.29, 1.82) is 0 Å². The van der Waals surface area contributed by atoms with Gasteiger partial charge in [0.2, 0.25) is 0 Å². The zero-order valence-corrected chi connectivity index (χ0v) is 10.7. The molecule has 0 bridgehead atoms. The standard InChI is InChI=1S/C13H17NO2.ClH/c1-3-9-13(14,12(15)16-2)10-11-7-5-4-6-8-11;/h3-8H,1,9-10,14H2,2H3;1H. The fourth-order valence-electron chi connectivity index (χ4n) is 1.71. The van der Waals surface area contributed by atoms with Gasteiger partial charge in [0.1, 0.15) is 0 Å². The van der Waals surface area contributed by atoms with Gasteiger partial charge < -0.3 is 22.9 Å². The predicted molar refractivity (Wildman–Crippen MR) is 62.6 cm³/mol. The maximum absolute atomic E-state index is 11.7. The Hall–Kier alpha value is -1.32. The Bertz CT molecular complexity index is 367. The molecule has 0 aromatic heterocycles. The molecule has 1 rings (SSSR count). The van der Waals surface area contributed by atoms with E-state index in [4.69, 9.17) is 4.74 Å². The lowest BCUT2D eigenvalue weighted by atomic mass is 9.88. The second kappa shape index (κ2) is 7.09. The summed E-state index contributed by atoms with van der Waals surface area (Å²) in [7, 11) is 1.39. The van der Waals surface area contributed by atoms with Crippen LogP contribution in [0, 0.1) is 0 Å². The van der Waals surface area contributed by atoms with E-state index in [2.05, 4.69) is 12.3 Å². The number of esters is 1.